The highest BCUT2D eigenvalue weighted by Gasteiger charge is 2.30. The summed E-state index contributed by atoms with van der Waals surface area (Å²) in [6, 6.07) is 3.64. The Labute approximate surface area is 166 Å². The van der Waals surface area contributed by atoms with E-state index in [1.807, 2.05) is 6.07 Å². The lowest BCUT2D eigenvalue weighted by Crippen LogP contribution is -2.42. The van der Waals surface area contributed by atoms with Crippen molar-refractivity contribution in [1.29, 1.82) is 0 Å². The minimum Gasteiger partial charge on any atom is -0.465 e. The van der Waals surface area contributed by atoms with E-state index in [-0.39, 0.29) is 29.9 Å². The monoisotopic (exact) mass is 458 g/mol. The predicted octanol–water partition coefficient (Wildman–Crippen LogP) is 2.91. The van der Waals surface area contributed by atoms with Gasteiger partial charge in [0, 0.05) is 19.0 Å². The molecule has 1 aliphatic carbocycles. The Bertz CT molecular complexity index is 638. The van der Waals surface area contributed by atoms with Crippen LogP contribution in [0.1, 0.15) is 60.3 Å². The third-order valence-corrected chi connectivity index (χ3v) is 4.86. The van der Waals surface area contributed by atoms with Crippen LogP contribution in [0.25, 0.3) is 0 Å². The van der Waals surface area contributed by atoms with Crippen molar-refractivity contribution >= 4 is 35.9 Å². The molecule has 1 aromatic heterocycles. The average Bonchev–Trinajstić information content (AvgIpc) is 3.44. The predicted molar refractivity (Wildman–Crippen MR) is 108 cm³/mol. The van der Waals surface area contributed by atoms with Gasteiger partial charge in [0.05, 0.1) is 30.6 Å². The van der Waals surface area contributed by atoms with E-state index < -0.39 is 0 Å². The molecule has 0 spiro atoms. The quantitative estimate of drug-likeness (QED) is 0.325. The summed E-state index contributed by atoms with van der Waals surface area (Å²) in [6.07, 6.45) is 4.48. The Morgan fingerprint density at radius 3 is 2.60 bits per heavy atom. The van der Waals surface area contributed by atoms with Gasteiger partial charge in [0.1, 0.15) is 0 Å². The van der Waals surface area contributed by atoms with Gasteiger partial charge in [0.15, 0.2) is 5.96 Å². The van der Waals surface area contributed by atoms with E-state index in [9.17, 15) is 4.79 Å². The van der Waals surface area contributed by atoms with Crippen LogP contribution in [-0.2, 0) is 11.3 Å². The van der Waals surface area contributed by atoms with Gasteiger partial charge in [-0.2, -0.15) is 0 Å². The number of nitrogens with zero attached hydrogens (tertiary/aromatic N) is 3. The summed E-state index contributed by atoms with van der Waals surface area (Å²) >= 11 is 0. The van der Waals surface area contributed by atoms with E-state index in [1.165, 1.54) is 7.11 Å². The van der Waals surface area contributed by atoms with Crippen LogP contribution in [-0.4, -0.2) is 42.0 Å². The highest BCUT2D eigenvalue weighted by Crippen LogP contribution is 2.40. The lowest BCUT2D eigenvalue weighted by Gasteiger charge is -2.31. The van der Waals surface area contributed by atoms with Gasteiger partial charge in [-0.15, -0.1) is 24.0 Å². The zero-order valence-corrected chi connectivity index (χ0v) is 17.2. The Balaban J connectivity index is 0.00000225. The Kier molecular flexibility index (Phi) is 7.04. The fraction of sp³-hybridized carbons (Fsp3) is 0.611. The largest absolute Gasteiger partial charge is 0.465 e. The van der Waals surface area contributed by atoms with Crippen molar-refractivity contribution in [1.82, 2.24) is 9.88 Å². The van der Waals surface area contributed by atoms with Gasteiger partial charge in [-0.25, -0.2) is 9.79 Å². The second-order valence-electron chi connectivity index (χ2n) is 6.85. The third kappa shape index (κ3) is 5.05. The van der Waals surface area contributed by atoms with Crippen LogP contribution < -0.4 is 5.73 Å². The number of hydrogen-bond acceptors (Lipinski definition) is 4. The molecule has 1 saturated heterocycles. The summed E-state index contributed by atoms with van der Waals surface area (Å²) in [5.74, 6) is 1.42. The molecule has 1 saturated carbocycles. The van der Waals surface area contributed by atoms with Gasteiger partial charge in [-0.3, -0.25) is 4.98 Å². The number of aromatic nitrogens is 1. The number of rotatable bonds is 4. The lowest BCUT2D eigenvalue weighted by atomic mass is 10.00. The number of methoxy groups -OCH3 is 1. The van der Waals surface area contributed by atoms with Crippen LogP contribution in [0.4, 0.5) is 0 Å². The lowest BCUT2D eigenvalue weighted by molar-refractivity contribution is 0.0598. The molecule has 0 atom stereocenters. The van der Waals surface area contributed by atoms with Crippen LogP contribution in [0, 0.1) is 5.92 Å². The molecule has 2 heterocycles. The first kappa shape index (κ1) is 19.9. The number of guanidine groups is 1. The fourth-order valence-corrected chi connectivity index (χ4v) is 3.06. The number of nitrogens with two attached hydrogens (primary N) is 1. The molecule has 0 aromatic carbocycles. The van der Waals surface area contributed by atoms with Crippen molar-refractivity contribution in [2.45, 2.75) is 45.1 Å². The number of likely N-dealkylation sites (tertiary alicyclic amines) is 1. The van der Waals surface area contributed by atoms with E-state index >= 15 is 0 Å². The maximum absolute atomic E-state index is 11.9. The molecule has 0 radical (unpaired) electrons. The molecule has 1 aromatic rings. The van der Waals surface area contributed by atoms with Gasteiger partial charge < -0.3 is 15.4 Å². The first-order chi connectivity index (χ1) is 11.6. The molecule has 6 nitrogen and oxygen atoms in total. The van der Waals surface area contributed by atoms with Crippen LogP contribution >= 0.6 is 24.0 Å². The molecule has 1 aliphatic heterocycles. The Hall–Kier alpha value is -1.38. The van der Waals surface area contributed by atoms with Gasteiger partial charge in [0.2, 0.25) is 0 Å². The molecule has 25 heavy (non-hydrogen) atoms. The number of carbonyl (C=O) groups excluding carboxylic acids is 1. The van der Waals surface area contributed by atoms with Crippen molar-refractivity contribution in [3.05, 3.63) is 29.1 Å². The van der Waals surface area contributed by atoms with Crippen molar-refractivity contribution in [2.75, 3.05) is 20.2 Å². The second kappa shape index (κ2) is 8.82. The number of aliphatic imine (C=N–C) groups is 1. The standard InChI is InChI=1S/C18H26N4O2.HI/c1-12-7-9-22(10-8-12)18(19)20-11-14-5-6-15(17(23)24-2)16(21-14)13-3-4-13;/h5-6,12-13H,3-4,7-11H2,1-2H3,(H2,19,20);1H. The minimum atomic E-state index is -0.318. The molecule has 0 bridgehead atoms. The zero-order chi connectivity index (χ0) is 17.1. The van der Waals surface area contributed by atoms with Gasteiger partial charge in [-0.05, 0) is 43.7 Å². The maximum Gasteiger partial charge on any atom is 0.339 e. The summed E-state index contributed by atoms with van der Waals surface area (Å²) in [4.78, 5) is 23.2. The number of pyridine rings is 1. The number of halogens is 1. The van der Waals surface area contributed by atoms with Crippen molar-refractivity contribution < 1.29 is 9.53 Å². The van der Waals surface area contributed by atoms with Crippen molar-refractivity contribution in [3.63, 3.8) is 0 Å². The zero-order valence-electron chi connectivity index (χ0n) is 14.9. The number of piperidine rings is 1. The molecule has 2 N–H and O–H groups in total. The van der Waals surface area contributed by atoms with Crippen LogP contribution in [0.5, 0.6) is 0 Å². The summed E-state index contributed by atoms with van der Waals surface area (Å²) in [6.45, 7) is 4.66. The number of ether oxygens (including phenoxy) is 1. The Morgan fingerprint density at radius 1 is 1.32 bits per heavy atom. The topological polar surface area (TPSA) is 80.8 Å². The molecule has 2 fully saturated rings. The van der Waals surface area contributed by atoms with E-state index in [2.05, 4.69) is 21.8 Å². The number of hydrogen-bond donors (Lipinski definition) is 1. The SMILES string of the molecule is COC(=O)c1ccc(CN=C(N)N2CCC(C)CC2)nc1C1CC1.I. The van der Waals surface area contributed by atoms with E-state index in [0.29, 0.717) is 24.0 Å². The molecule has 138 valence electrons. The second-order valence-corrected chi connectivity index (χ2v) is 6.85. The van der Waals surface area contributed by atoms with Crippen LogP contribution in [0.2, 0.25) is 0 Å². The summed E-state index contributed by atoms with van der Waals surface area (Å²) in [7, 11) is 1.40. The average molecular weight is 458 g/mol. The highest BCUT2D eigenvalue weighted by atomic mass is 127. The van der Waals surface area contributed by atoms with Crippen molar-refractivity contribution in [2.24, 2.45) is 16.6 Å². The van der Waals surface area contributed by atoms with E-state index in [1.54, 1.807) is 6.07 Å². The molecule has 3 rings (SSSR count). The van der Waals surface area contributed by atoms with Gasteiger partial charge in [-0.1, -0.05) is 6.92 Å². The molecular formula is C18H27IN4O2. The highest BCUT2D eigenvalue weighted by molar-refractivity contribution is 14.0. The minimum absolute atomic E-state index is 0. The summed E-state index contributed by atoms with van der Waals surface area (Å²) in [5.41, 5.74) is 8.39. The molecule has 2 aliphatic rings. The smallest absolute Gasteiger partial charge is 0.339 e. The van der Waals surface area contributed by atoms with Gasteiger partial charge in [0.25, 0.3) is 0 Å². The molecule has 0 unspecified atom stereocenters. The number of esters is 1. The summed E-state index contributed by atoms with van der Waals surface area (Å²) in [5, 5.41) is 0. The van der Waals surface area contributed by atoms with Crippen molar-refractivity contribution in [3.8, 4) is 0 Å². The summed E-state index contributed by atoms with van der Waals surface area (Å²) < 4.78 is 4.85. The van der Waals surface area contributed by atoms with Crippen LogP contribution in [0.15, 0.2) is 17.1 Å². The molecule has 0 amide bonds. The van der Waals surface area contributed by atoms with E-state index in [4.69, 9.17) is 10.5 Å². The van der Waals surface area contributed by atoms with E-state index in [0.717, 1.165) is 56.1 Å². The first-order valence-corrected chi connectivity index (χ1v) is 8.71. The number of carbonyl (C=O) groups is 1. The van der Waals surface area contributed by atoms with Gasteiger partial charge >= 0.3 is 5.97 Å². The maximum atomic E-state index is 11.9. The molecule has 7 heteroatoms. The Morgan fingerprint density at radius 2 is 2.00 bits per heavy atom. The fourth-order valence-electron chi connectivity index (χ4n) is 3.06. The molecular weight excluding hydrogens is 431 g/mol. The normalized spacial score (nSPS) is 18.6. The first-order valence-electron chi connectivity index (χ1n) is 8.71. The van der Waals surface area contributed by atoms with Crippen LogP contribution in [0.3, 0.4) is 0 Å². The third-order valence-electron chi connectivity index (χ3n) is 4.86.